The molecular weight excluding hydrogens is 136 g/mol. The Morgan fingerprint density at radius 1 is 1.70 bits per heavy atom. The molecule has 0 radical (unpaired) electrons. The predicted molar refractivity (Wildman–Crippen MR) is 31.7 cm³/mol. The smallest absolute Gasteiger partial charge is 0.308 e. The minimum atomic E-state index is -0.989. The molecule has 2 N–H and O–H groups in total. The molecule has 0 saturated heterocycles. The highest BCUT2D eigenvalue weighted by Gasteiger charge is 2.07. The molecule has 4 nitrogen and oxygen atoms in total. The Labute approximate surface area is 56.7 Å². The van der Waals surface area contributed by atoms with Gasteiger partial charge in [0, 0.05) is 5.56 Å². The van der Waals surface area contributed by atoms with Crippen LogP contribution in [-0.4, -0.2) is 16.2 Å². The second-order valence-electron chi connectivity index (χ2n) is 1.82. The zero-order chi connectivity index (χ0) is 7.56. The van der Waals surface area contributed by atoms with Crippen LogP contribution >= 0.6 is 0 Å². The number of furan rings is 1. The predicted octanol–water partition coefficient (Wildman–Crippen LogP) is 0.612. The van der Waals surface area contributed by atoms with E-state index in [0.717, 1.165) is 0 Å². The fourth-order valence-corrected chi connectivity index (χ4v) is 0.625. The lowest BCUT2D eigenvalue weighted by Gasteiger charge is -1.88. The maximum atomic E-state index is 10.1. The molecule has 0 bridgehead atoms. The Balaban J connectivity index is 2.74. The molecule has 10 heavy (non-hydrogen) atoms. The van der Waals surface area contributed by atoms with Crippen molar-refractivity contribution in [1.29, 1.82) is 0 Å². The molecule has 0 aliphatic heterocycles. The zero-order valence-electron chi connectivity index (χ0n) is 5.07. The minimum absolute atomic E-state index is 0.206. The highest BCUT2D eigenvalue weighted by Crippen LogP contribution is 2.17. The number of carboxylic acid groups (broad SMARTS) is 1. The quantitative estimate of drug-likeness (QED) is 0.634. The molecule has 0 atom stereocenters. The molecular formula is C6H6O4. The average molecular weight is 142 g/mol. The third kappa shape index (κ3) is 1.28. The van der Waals surface area contributed by atoms with E-state index in [4.69, 9.17) is 10.2 Å². The van der Waals surface area contributed by atoms with Crippen molar-refractivity contribution >= 4 is 5.97 Å². The van der Waals surface area contributed by atoms with Gasteiger partial charge in [0.05, 0.1) is 12.7 Å². The van der Waals surface area contributed by atoms with Gasteiger partial charge in [0.2, 0.25) is 0 Å². The van der Waals surface area contributed by atoms with Crippen molar-refractivity contribution in [2.75, 3.05) is 0 Å². The van der Waals surface area contributed by atoms with Crippen molar-refractivity contribution in [2.45, 2.75) is 6.42 Å². The molecule has 0 saturated carbocycles. The molecule has 0 aliphatic carbocycles. The summed E-state index contributed by atoms with van der Waals surface area (Å²) < 4.78 is 4.46. The minimum Gasteiger partial charge on any atom is -0.481 e. The van der Waals surface area contributed by atoms with E-state index in [1.54, 1.807) is 0 Å². The number of carbonyl (C=O) groups is 1. The fourth-order valence-electron chi connectivity index (χ4n) is 0.625. The molecule has 0 unspecified atom stereocenters. The van der Waals surface area contributed by atoms with Crippen LogP contribution in [-0.2, 0) is 11.2 Å². The van der Waals surface area contributed by atoms with E-state index in [1.807, 2.05) is 0 Å². The second kappa shape index (κ2) is 2.43. The summed E-state index contributed by atoms with van der Waals surface area (Å²) in [6, 6.07) is 1.42. The summed E-state index contributed by atoms with van der Waals surface area (Å²) in [6.45, 7) is 0. The van der Waals surface area contributed by atoms with Crippen molar-refractivity contribution in [3.63, 3.8) is 0 Å². The van der Waals surface area contributed by atoms with Crippen molar-refractivity contribution in [2.24, 2.45) is 0 Å². The van der Waals surface area contributed by atoms with Crippen LogP contribution in [0.2, 0.25) is 0 Å². The average Bonchev–Trinajstić information content (AvgIpc) is 2.15. The van der Waals surface area contributed by atoms with Gasteiger partial charge in [0.15, 0.2) is 0 Å². The lowest BCUT2D eigenvalue weighted by molar-refractivity contribution is -0.136. The monoisotopic (exact) mass is 142 g/mol. The van der Waals surface area contributed by atoms with Crippen LogP contribution in [0.15, 0.2) is 16.7 Å². The van der Waals surface area contributed by atoms with E-state index in [9.17, 15) is 4.79 Å². The molecule has 4 heteroatoms. The first-order chi connectivity index (χ1) is 4.70. The largest absolute Gasteiger partial charge is 0.481 e. The van der Waals surface area contributed by atoms with Gasteiger partial charge in [-0.05, 0) is 6.07 Å². The Morgan fingerprint density at radius 3 is 2.80 bits per heavy atom. The van der Waals surface area contributed by atoms with E-state index in [1.165, 1.54) is 12.3 Å². The number of aliphatic carboxylic acids is 1. The van der Waals surface area contributed by atoms with Gasteiger partial charge in [-0.25, -0.2) is 0 Å². The van der Waals surface area contributed by atoms with Gasteiger partial charge in [-0.15, -0.1) is 0 Å². The number of aromatic hydroxyl groups is 1. The van der Waals surface area contributed by atoms with Crippen molar-refractivity contribution in [1.82, 2.24) is 0 Å². The molecule has 1 aromatic rings. The van der Waals surface area contributed by atoms with Gasteiger partial charge < -0.3 is 14.6 Å². The Morgan fingerprint density at radius 2 is 2.40 bits per heavy atom. The van der Waals surface area contributed by atoms with Gasteiger partial charge >= 0.3 is 5.97 Å². The highest BCUT2D eigenvalue weighted by molar-refractivity contribution is 5.70. The third-order valence-electron chi connectivity index (χ3n) is 1.07. The van der Waals surface area contributed by atoms with Crippen molar-refractivity contribution in [3.05, 3.63) is 17.9 Å². The van der Waals surface area contributed by atoms with E-state index in [0.29, 0.717) is 5.56 Å². The first-order valence-electron chi connectivity index (χ1n) is 2.67. The Bertz CT molecular complexity index is 238. The summed E-state index contributed by atoms with van der Waals surface area (Å²) in [7, 11) is 0. The van der Waals surface area contributed by atoms with E-state index in [-0.39, 0.29) is 12.4 Å². The maximum Gasteiger partial charge on any atom is 0.308 e. The van der Waals surface area contributed by atoms with Gasteiger partial charge in [0.25, 0.3) is 5.95 Å². The van der Waals surface area contributed by atoms with Crippen molar-refractivity contribution in [3.8, 4) is 5.95 Å². The molecule has 1 heterocycles. The number of hydrogen-bond donors (Lipinski definition) is 2. The summed E-state index contributed by atoms with van der Waals surface area (Å²) in [5, 5.41) is 17.0. The molecule has 0 aliphatic rings. The number of hydrogen-bond acceptors (Lipinski definition) is 3. The van der Waals surface area contributed by atoms with Crippen molar-refractivity contribution < 1.29 is 19.4 Å². The number of carboxylic acids is 1. The maximum absolute atomic E-state index is 10.1. The molecule has 1 aromatic heterocycles. The normalized spacial score (nSPS) is 9.60. The van der Waals surface area contributed by atoms with Crippen LogP contribution in [0.3, 0.4) is 0 Å². The SMILES string of the molecule is O=C(O)Cc1ccoc1O. The lowest BCUT2D eigenvalue weighted by Crippen LogP contribution is -1.98. The highest BCUT2D eigenvalue weighted by atomic mass is 16.5. The van der Waals surface area contributed by atoms with Crippen LogP contribution in [0.4, 0.5) is 0 Å². The van der Waals surface area contributed by atoms with E-state index in [2.05, 4.69) is 4.42 Å². The van der Waals surface area contributed by atoms with E-state index < -0.39 is 5.97 Å². The first kappa shape index (κ1) is 6.67. The standard InChI is InChI=1S/C6H6O4/c7-5(8)3-4-1-2-10-6(4)9/h1-2,9H,3H2,(H,7,8). The molecule has 1 rings (SSSR count). The number of rotatable bonds is 2. The molecule has 0 spiro atoms. The second-order valence-corrected chi connectivity index (χ2v) is 1.82. The zero-order valence-corrected chi connectivity index (χ0v) is 5.07. The third-order valence-corrected chi connectivity index (χ3v) is 1.07. The molecule has 0 fully saturated rings. The van der Waals surface area contributed by atoms with Crippen LogP contribution in [0.5, 0.6) is 5.95 Å². The lowest BCUT2D eigenvalue weighted by atomic mass is 10.2. The summed E-state index contributed by atoms with van der Waals surface area (Å²) in [5.41, 5.74) is 0.299. The summed E-state index contributed by atoms with van der Waals surface area (Å²) >= 11 is 0. The molecule has 0 amide bonds. The Kier molecular flexibility index (Phi) is 1.62. The van der Waals surface area contributed by atoms with Gasteiger partial charge in [-0.3, -0.25) is 4.79 Å². The fraction of sp³-hybridized carbons (Fsp3) is 0.167. The van der Waals surface area contributed by atoms with Gasteiger partial charge in [-0.1, -0.05) is 0 Å². The topological polar surface area (TPSA) is 70.7 Å². The van der Waals surface area contributed by atoms with Crippen LogP contribution < -0.4 is 0 Å². The summed E-state index contributed by atoms with van der Waals surface area (Å²) in [5.74, 6) is -1.31. The first-order valence-corrected chi connectivity index (χ1v) is 2.67. The van der Waals surface area contributed by atoms with Crippen LogP contribution in [0, 0.1) is 0 Å². The Hall–Kier alpha value is -1.45. The van der Waals surface area contributed by atoms with Gasteiger partial charge in [0.1, 0.15) is 0 Å². The van der Waals surface area contributed by atoms with Crippen LogP contribution in [0.1, 0.15) is 5.56 Å². The molecule has 54 valence electrons. The summed E-state index contributed by atoms with van der Waals surface area (Å²) in [6.07, 6.45) is 1.04. The van der Waals surface area contributed by atoms with E-state index >= 15 is 0 Å². The summed E-state index contributed by atoms with van der Waals surface area (Å²) in [4.78, 5) is 10.1. The van der Waals surface area contributed by atoms with Crippen LogP contribution in [0.25, 0.3) is 0 Å². The molecule has 0 aromatic carbocycles. The van der Waals surface area contributed by atoms with Gasteiger partial charge in [-0.2, -0.15) is 0 Å².